The molecule has 14 rings (SSSR count). The van der Waals surface area contributed by atoms with Crippen molar-refractivity contribution in [3.8, 4) is 11.1 Å². The van der Waals surface area contributed by atoms with E-state index >= 15 is 0 Å². The molecule has 2 heterocycles. The highest BCUT2D eigenvalue weighted by molar-refractivity contribution is 6.15. The SMILES string of the molecule is CC(C)(C)c1ccc2c(c1)C1(c3cc(N(c4ccc5c(c4)oc4cc6ccccc6cc45)c4cccc5oc6c(C(C)(C)C)cccc6c45)ccc3-2)C2CC3CC(C2)C1C3. The van der Waals surface area contributed by atoms with Crippen LogP contribution in [0.5, 0.6) is 0 Å². The zero-order valence-electron chi connectivity index (χ0n) is 35.5. The van der Waals surface area contributed by atoms with Crippen LogP contribution < -0.4 is 4.90 Å². The molecule has 3 heteroatoms. The number of para-hydroxylation sites is 1. The first-order valence-corrected chi connectivity index (χ1v) is 22.3. The lowest BCUT2D eigenvalue weighted by molar-refractivity contribution is 0.190. The average Bonchev–Trinajstić information content (AvgIpc) is 3.99. The Hall–Kier alpha value is -5.80. The van der Waals surface area contributed by atoms with Crippen molar-refractivity contribution in [1.29, 1.82) is 0 Å². The number of furan rings is 2. The molecule has 0 saturated heterocycles. The van der Waals surface area contributed by atoms with Crippen molar-refractivity contribution < 1.29 is 8.83 Å². The summed E-state index contributed by atoms with van der Waals surface area (Å²) in [5.74, 6) is 3.08. The van der Waals surface area contributed by atoms with Gasteiger partial charge < -0.3 is 13.7 Å². The molecular weight excluding hydrogens is 731 g/mol. The van der Waals surface area contributed by atoms with Crippen LogP contribution >= 0.6 is 0 Å². The van der Waals surface area contributed by atoms with E-state index in [0.717, 1.165) is 67.1 Å². The molecule has 5 aliphatic rings. The fourth-order valence-corrected chi connectivity index (χ4v) is 13.2. The Morgan fingerprint density at radius 2 is 1.28 bits per heavy atom. The Kier molecular flexibility index (Phi) is 6.84. The fourth-order valence-electron chi connectivity index (χ4n) is 13.2. The molecule has 4 bridgehead atoms. The molecule has 296 valence electrons. The van der Waals surface area contributed by atoms with E-state index < -0.39 is 0 Å². The van der Waals surface area contributed by atoms with E-state index in [1.807, 2.05) is 0 Å². The Morgan fingerprint density at radius 3 is 2.08 bits per heavy atom. The minimum atomic E-state index is -0.0690. The summed E-state index contributed by atoms with van der Waals surface area (Å²) in [6.45, 7) is 13.9. The van der Waals surface area contributed by atoms with Crippen molar-refractivity contribution in [3.63, 3.8) is 0 Å². The topological polar surface area (TPSA) is 29.5 Å². The molecule has 7 aromatic carbocycles. The van der Waals surface area contributed by atoms with Crippen molar-refractivity contribution in [1.82, 2.24) is 0 Å². The highest BCUT2D eigenvalue weighted by atomic mass is 16.3. The molecule has 0 aliphatic heterocycles. The Morgan fingerprint density at radius 1 is 0.550 bits per heavy atom. The maximum Gasteiger partial charge on any atom is 0.139 e. The molecule has 5 unspecified atom stereocenters. The summed E-state index contributed by atoms with van der Waals surface area (Å²) < 4.78 is 13.6. The van der Waals surface area contributed by atoms with Gasteiger partial charge in [0.2, 0.25) is 0 Å². The van der Waals surface area contributed by atoms with Crippen molar-refractivity contribution in [2.24, 2.45) is 23.7 Å². The van der Waals surface area contributed by atoms with Crippen LogP contribution in [0.4, 0.5) is 17.1 Å². The van der Waals surface area contributed by atoms with Crippen molar-refractivity contribution >= 4 is 71.7 Å². The molecule has 1 spiro atoms. The van der Waals surface area contributed by atoms with Gasteiger partial charge in [-0.3, -0.25) is 0 Å². The van der Waals surface area contributed by atoms with E-state index in [9.17, 15) is 0 Å². The Labute approximate surface area is 352 Å². The summed E-state index contributed by atoms with van der Waals surface area (Å²) in [5.41, 5.74) is 15.9. The molecule has 5 atom stereocenters. The summed E-state index contributed by atoms with van der Waals surface area (Å²) in [4.78, 5) is 2.51. The molecule has 3 nitrogen and oxygen atoms in total. The highest BCUT2D eigenvalue weighted by Crippen LogP contribution is 2.73. The van der Waals surface area contributed by atoms with E-state index in [-0.39, 0.29) is 16.2 Å². The van der Waals surface area contributed by atoms with Gasteiger partial charge >= 0.3 is 0 Å². The number of fused-ring (bicyclic) bond motifs is 10. The average molecular weight is 782 g/mol. The van der Waals surface area contributed by atoms with Crippen LogP contribution in [0, 0.1) is 23.7 Å². The smallest absolute Gasteiger partial charge is 0.139 e. The first-order chi connectivity index (χ1) is 28.9. The van der Waals surface area contributed by atoms with Crippen molar-refractivity contribution in [2.45, 2.75) is 83.5 Å². The van der Waals surface area contributed by atoms with Gasteiger partial charge in [0, 0.05) is 44.6 Å². The van der Waals surface area contributed by atoms with Crippen LogP contribution in [-0.2, 0) is 16.2 Å². The second kappa shape index (κ2) is 11.7. The fraction of sp³-hybridized carbons (Fsp3) is 0.298. The van der Waals surface area contributed by atoms with E-state index in [1.54, 1.807) is 11.1 Å². The summed E-state index contributed by atoms with van der Waals surface area (Å²) in [6, 6.07) is 48.2. The van der Waals surface area contributed by atoms with Gasteiger partial charge in [0.15, 0.2) is 0 Å². The number of nitrogens with zero attached hydrogens (tertiary/aromatic N) is 1. The lowest BCUT2D eigenvalue weighted by Crippen LogP contribution is -2.40. The minimum absolute atomic E-state index is 0.0475. The minimum Gasteiger partial charge on any atom is -0.456 e. The lowest BCUT2D eigenvalue weighted by Gasteiger charge is -2.44. The number of hydrogen-bond donors (Lipinski definition) is 0. The van der Waals surface area contributed by atoms with E-state index in [1.165, 1.54) is 64.4 Å². The van der Waals surface area contributed by atoms with Crippen LogP contribution in [0.3, 0.4) is 0 Å². The molecule has 2 aromatic heterocycles. The number of hydrogen-bond acceptors (Lipinski definition) is 3. The van der Waals surface area contributed by atoms with Gasteiger partial charge in [-0.15, -0.1) is 0 Å². The lowest BCUT2D eigenvalue weighted by atomic mass is 9.59. The van der Waals surface area contributed by atoms with Gasteiger partial charge in [-0.2, -0.15) is 0 Å². The predicted molar refractivity (Wildman–Crippen MR) is 249 cm³/mol. The standard InChI is InChI=1S/C57H51NO2/c1-55(2,3)36-17-20-40-41-21-18-38(30-48(41)57(47(40)29-36)37-24-32-23-35(26-37)46(57)25-32)58(49-15-10-16-50-53(49)43-13-9-14-45(54(43)60-50)56(4,5)6)39-19-22-42-44-27-33-11-7-8-12-34(33)28-51(44)59-52(42)31-39/h7-22,27-32,35,37,46H,23-26H2,1-6H3. The molecule has 0 N–H and O–H groups in total. The van der Waals surface area contributed by atoms with Crippen LogP contribution in [0.1, 0.15) is 89.5 Å². The predicted octanol–water partition coefficient (Wildman–Crippen LogP) is 16.0. The second-order valence-electron chi connectivity index (χ2n) is 21.0. The molecule has 9 aromatic rings. The van der Waals surface area contributed by atoms with E-state index in [4.69, 9.17) is 8.83 Å². The normalized spacial score (nSPS) is 23.0. The van der Waals surface area contributed by atoms with Gasteiger partial charge in [-0.25, -0.2) is 0 Å². The summed E-state index contributed by atoms with van der Waals surface area (Å²) in [5, 5.41) is 7.00. The first-order valence-electron chi connectivity index (χ1n) is 22.3. The van der Waals surface area contributed by atoms with E-state index in [0.29, 0.717) is 11.8 Å². The first kappa shape index (κ1) is 35.0. The number of benzene rings is 7. The third kappa shape index (κ3) is 4.61. The molecular formula is C57H51NO2. The summed E-state index contributed by atoms with van der Waals surface area (Å²) in [7, 11) is 0. The molecule has 60 heavy (non-hydrogen) atoms. The third-order valence-corrected chi connectivity index (χ3v) is 15.7. The zero-order chi connectivity index (χ0) is 40.4. The summed E-state index contributed by atoms with van der Waals surface area (Å²) in [6.07, 6.45) is 5.50. The molecule has 4 fully saturated rings. The van der Waals surface area contributed by atoms with Crippen LogP contribution in [0.15, 0.2) is 136 Å². The molecule has 5 aliphatic carbocycles. The largest absolute Gasteiger partial charge is 0.456 e. The molecule has 0 radical (unpaired) electrons. The molecule has 0 amide bonds. The Bertz CT molecular complexity index is 3290. The van der Waals surface area contributed by atoms with Gasteiger partial charge in [-0.05, 0) is 147 Å². The van der Waals surface area contributed by atoms with Crippen LogP contribution in [0.25, 0.3) is 65.8 Å². The number of rotatable bonds is 3. The van der Waals surface area contributed by atoms with Crippen LogP contribution in [-0.4, -0.2) is 0 Å². The quantitative estimate of drug-likeness (QED) is 0.179. The van der Waals surface area contributed by atoms with E-state index in [2.05, 4.69) is 174 Å². The van der Waals surface area contributed by atoms with Crippen molar-refractivity contribution in [2.75, 3.05) is 4.90 Å². The van der Waals surface area contributed by atoms with Gasteiger partial charge in [0.05, 0.1) is 11.1 Å². The van der Waals surface area contributed by atoms with Gasteiger partial charge in [-0.1, -0.05) is 114 Å². The highest BCUT2D eigenvalue weighted by Gasteiger charge is 2.66. The second-order valence-corrected chi connectivity index (χ2v) is 21.0. The monoisotopic (exact) mass is 781 g/mol. The summed E-state index contributed by atoms with van der Waals surface area (Å²) >= 11 is 0. The molecule has 4 saturated carbocycles. The third-order valence-electron chi connectivity index (χ3n) is 15.7. The maximum atomic E-state index is 6.87. The van der Waals surface area contributed by atoms with Gasteiger partial charge in [0.25, 0.3) is 0 Å². The van der Waals surface area contributed by atoms with Crippen LogP contribution in [0.2, 0.25) is 0 Å². The number of anilines is 3. The van der Waals surface area contributed by atoms with Gasteiger partial charge in [0.1, 0.15) is 22.3 Å². The zero-order valence-corrected chi connectivity index (χ0v) is 35.5. The Balaban J connectivity index is 1.07. The maximum absolute atomic E-state index is 6.87. The van der Waals surface area contributed by atoms with Crippen molar-refractivity contribution in [3.05, 3.63) is 150 Å².